The molecule has 1 saturated carbocycles. The van der Waals surface area contributed by atoms with Crippen LogP contribution in [0.5, 0.6) is 5.75 Å². The summed E-state index contributed by atoms with van der Waals surface area (Å²) in [6.07, 6.45) is 7.68. The van der Waals surface area contributed by atoms with Crippen LogP contribution in [0.25, 0.3) is 0 Å². The molecule has 2 N–H and O–H groups in total. The molecule has 186 valence electrons. The van der Waals surface area contributed by atoms with Crippen molar-refractivity contribution < 1.29 is 4.74 Å². The summed E-state index contributed by atoms with van der Waals surface area (Å²) < 4.78 is 5.24. The van der Waals surface area contributed by atoms with Crippen LogP contribution in [0.15, 0.2) is 42.5 Å². The summed E-state index contributed by atoms with van der Waals surface area (Å²) in [5.74, 6) is 2.30. The third kappa shape index (κ3) is 5.36. The first-order valence-corrected chi connectivity index (χ1v) is 13.5. The van der Waals surface area contributed by atoms with E-state index >= 15 is 0 Å². The summed E-state index contributed by atoms with van der Waals surface area (Å²) in [7, 11) is 1.72. The van der Waals surface area contributed by atoms with Crippen molar-refractivity contribution in [1.29, 1.82) is 0 Å². The predicted molar refractivity (Wildman–Crippen MR) is 144 cm³/mol. The average Bonchev–Trinajstić information content (AvgIpc) is 2.83. The van der Waals surface area contributed by atoms with Crippen molar-refractivity contribution in [3.8, 4) is 5.75 Å². The topological polar surface area (TPSA) is 33.3 Å². The van der Waals surface area contributed by atoms with Crippen LogP contribution in [-0.2, 0) is 18.3 Å². The molecule has 2 aliphatic rings. The van der Waals surface area contributed by atoms with Gasteiger partial charge in [-0.25, -0.2) is 0 Å². The number of methoxy groups -OCH3 is 1. The molecule has 0 amide bonds. The van der Waals surface area contributed by atoms with E-state index in [1.807, 2.05) is 12.1 Å². The van der Waals surface area contributed by atoms with Gasteiger partial charge in [0, 0.05) is 19.6 Å². The van der Waals surface area contributed by atoms with Gasteiger partial charge in [-0.15, -0.1) is 0 Å². The van der Waals surface area contributed by atoms with E-state index in [-0.39, 0.29) is 0 Å². The summed E-state index contributed by atoms with van der Waals surface area (Å²) in [4.78, 5) is 0. The Balaban J connectivity index is 1.27. The molecule has 0 bridgehead atoms. The molecule has 3 heteroatoms. The molecule has 0 spiro atoms. The largest absolute Gasteiger partial charge is 0.497 e. The molecule has 2 aliphatic carbocycles. The lowest BCUT2D eigenvalue weighted by atomic mass is 9.49. The van der Waals surface area contributed by atoms with E-state index in [4.69, 9.17) is 4.74 Å². The van der Waals surface area contributed by atoms with Gasteiger partial charge in [-0.3, -0.25) is 0 Å². The first-order chi connectivity index (χ1) is 16.4. The van der Waals surface area contributed by atoms with E-state index in [9.17, 15) is 0 Å². The lowest BCUT2D eigenvalue weighted by Gasteiger charge is -2.55. The van der Waals surface area contributed by atoms with Crippen LogP contribution >= 0.6 is 0 Å². The number of fused-ring (bicyclic) bond motifs is 3. The molecule has 3 atom stereocenters. The monoisotopic (exact) mass is 462 g/mol. The zero-order valence-corrected chi connectivity index (χ0v) is 22.2. The Morgan fingerprint density at radius 3 is 2.47 bits per heavy atom. The van der Waals surface area contributed by atoms with Gasteiger partial charge in [0.15, 0.2) is 0 Å². The lowest BCUT2D eigenvalue weighted by molar-refractivity contribution is 0.0261. The molecule has 2 aromatic carbocycles. The predicted octanol–water partition coefficient (Wildman–Crippen LogP) is 6.25. The number of nitrogens with one attached hydrogen (secondary N) is 2. The zero-order valence-electron chi connectivity index (χ0n) is 22.2. The summed E-state index contributed by atoms with van der Waals surface area (Å²) in [5.41, 5.74) is 6.84. The third-order valence-electron chi connectivity index (χ3n) is 8.92. The third-order valence-corrected chi connectivity index (χ3v) is 8.92. The highest BCUT2D eigenvalue weighted by molar-refractivity contribution is 5.42. The molecule has 3 nitrogen and oxygen atoms in total. The highest BCUT2D eigenvalue weighted by Crippen LogP contribution is 2.57. The first kappa shape index (κ1) is 25.3. The zero-order chi connectivity index (χ0) is 24.2. The maximum atomic E-state index is 5.24. The number of aryl methyl sites for hydroxylation is 1. The Bertz CT molecular complexity index is 937. The van der Waals surface area contributed by atoms with Crippen LogP contribution < -0.4 is 15.4 Å². The number of hydrogen-bond acceptors (Lipinski definition) is 3. The summed E-state index contributed by atoms with van der Waals surface area (Å²) in [6.45, 7) is 14.0. The van der Waals surface area contributed by atoms with E-state index < -0.39 is 0 Å². The molecule has 34 heavy (non-hydrogen) atoms. The standard InChI is InChI=1S/C31H46N2O/c1-23(2)25-9-13-28-26(21-25)10-14-29-30(3,16-6-17-31(28,29)4)22-33-20-19-32-18-15-24-7-11-27(34-5)12-8-24/h7-9,11-13,21,23,29,32-33H,6,10,14-20,22H2,1-5H3/t29-,30-,31+/m0/s1. The van der Waals surface area contributed by atoms with E-state index in [1.54, 1.807) is 18.2 Å². The number of hydrogen-bond donors (Lipinski definition) is 2. The number of ether oxygens (including phenoxy) is 1. The molecule has 0 saturated heterocycles. The molecule has 2 aromatic rings. The second-order valence-corrected chi connectivity index (χ2v) is 11.6. The molecule has 0 heterocycles. The van der Waals surface area contributed by atoms with Crippen LogP contribution in [0.1, 0.15) is 81.5 Å². The number of rotatable bonds is 10. The van der Waals surface area contributed by atoms with Crippen molar-refractivity contribution in [3.05, 3.63) is 64.7 Å². The Morgan fingerprint density at radius 2 is 1.74 bits per heavy atom. The molecule has 0 unspecified atom stereocenters. The van der Waals surface area contributed by atoms with E-state index in [1.165, 1.54) is 43.2 Å². The summed E-state index contributed by atoms with van der Waals surface area (Å²) >= 11 is 0. The van der Waals surface area contributed by atoms with Crippen molar-refractivity contribution in [2.45, 2.75) is 77.6 Å². The van der Waals surface area contributed by atoms with Crippen LogP contribution in [0.3, 0.4) is 0 Å². The SMILES string of the molecule is COc1ccc(CCNCCNC[C@]2(C)CCC[C@]3(C)c4ccc(C(C)C)cc4CC[C@@H]23)cc1. The molecule has 1 fully saturated rings. The Hall–Kier alpha value is -1.84. The van der Waals surface area contributed by atoms with Crippen LogP contribution in [0.4, 0.5) is 0 Å². The van der Waals surface area contributed by atoms with Crippen molar-refractivity contribution in [2.24, 2.45) is 11.3 Å². The number of benzene rings is 2. The fourth-order valence-corrected chi connectivity index (χ4v) is 6.92. The van der Waals surface area contributed by atoms with Gasteiger partial charge >= 0.3 is 0 Å². The second kappa shape index (κ2) is 10.8. The van der Waals surface area contributed by atoms with Gasteiger partial charge in [-0.2, -0.15) is 0 Å². The molecular formula is C31H46N2O. The van der Waals surface area contributed by atoms with Crippen molar-refractivity contribution in [3.63, 3.8) is 0 Å². The van der Waals surface area contributed by atoms with E-state index in [0.717, 1.165) is 44.3 Å². The highest BCUT2D eigenvalue weighted by Gasteiger charge is 2.51. The van der Waals surface area contributed by atoms with Crippen LogP contribution in [0.2, 0.25) is 0 Å². The summed E-state index contributed by atoms with van der Waals surface area (Å²) in [5, 5.41) is 7.44. The highest BCUT2D eigenvalue weighted by atomic mass is 16.5. The minimum atomic E-state index is 0.328. The van der Waals surface area contributed by atoms with Gasteiger partial charge in [0.05, 0.1) is 7.11 Å². The Morgan fingerprint density at radius 1 is 0.971 bits per heavy atom. The molecule has 0 aliphatic heterocycles. The molecule has 0 radical (unpaired) electrons. The average molecular weight is 463 g/mol. The van der Waals surface area contributed by atoms with Crippen LogP contribution in [0, 0.1) is 11.3 Å². The Labute approximate surface area is 208 Å². The maximum Gasteiger partial charge on any atom is 0.118 e. The van der Waals surface area contributed by atoms with Crippen molar-refractivity contribution >= 4 is 0 Å². The van der Waals surface area contributed by atoms with Gasteiger partial charge in [0.2, 0.25) is 0 Å². The van der Waals surface area contributed by atoms with E-state index in [2.05, 4.69) is 68.7 Å². The minimum absolute atomic E-state index is 0.328. The minimum Gasteiger partial charge on any atom is -0.497 e. The van der Waals surface area contributed by atoms with Gasteiger partial charge < -0.3 is 15.4 Å². The molecule has 0 aromatic heterocycles. The summed E-state index contributed by atoms with van der Waals surface area (Å²) in [6, 6.07) is 15.8. The van der Waals surface area contributed by atoms with Gasteiger partial charge in [0.25, 0.3) is 0 Å². The van der Waals surface area contributed by atoms with Crippen molar-refractivity contribution in [1.82, 2.24) is 10.6 Å². The first-order valence-electron chi connectivity index (χ1n) is 13.5. The smallest absolute Gasteiger partial charge is 0.118 e. The molecular weight excluding hydrogens is 416 g/mol. The Kier molecular flexibility index (Phi) is 8.05. The lowest BCUT2D eigenvalue weighted by Crippen LogP contribution is -2.53. The fraction of sp³-hybridized carbons (Fsp3) is 0.613. The van der Waals surface area contributed by atoms with Crippen LogP contribution in [-0.4, -0.2) is 33.3 Å². The molecule has 4 rings (SSSR count). The normalized spacial score (nSPS) is 26.2. The van der Waals surface area contributed by atoms with Gasteiger partial charge in [0.1, 0.15) is 5.75 Å². The second-order valence-electron chi connectivity index (χ2n) is 11.6. The van der Waals surface area contributed by atoms with Gasteiger partial charge in [-0.1, -0.05) is 64.4 Å². The quantitative estimate of drug-likeness (QED) is 0.409. The van der Waals surface area contributed by atoms with Gasteiger partial charge in [-0.05, 0) is 95.7 Å². The van der Waals surface area contributed by atoms with E-state index in [0.29, 0.717) is 16.7 Å². The maximum absolute atomic E-state index is 5.24. The van der Waals surface area contributed by atoms with Crippen molar-refractivity contribution in [2.75, 3.05) is 33.3 Å². The fourth-order valence-electron chi connectivity index (χ4n) is 6.92.